The lowest BCUT2D eigenvalue weighted by Crippen LogP contribution is -2.32. The van der Waals surface area contributed by atoms with E-state index < -0.39 is 5.41 Å². The Hall–Kier alpha value is -2.04. The summed E-state index contributed by atoms with van der Waals surface area (Å²) >= 11 is 0. The van der Waals surface area contributed by atoms with Gasteiger partial charge in [0, 0.05) is 18.1 Å². The summed E-state index contributed by atoms with van der Waals surface area (Å²) in [5.74, 6) is 1.37. The molecule has 4 nitrogen and oxygen atoms in total. The molecule has 3 N–H and O–H groups in total. The number of aliphatic hydroxyl groups excluding tert-OH is 1. The minimum Gasteiger partial charge on any atom is -0.490 e. The van der Waals surface area contributed by atoms with Crippen LogP contribution in [0, 0.1) is 5.41 Å². The third-order valence-electron chi connectivity index (χ3n) is 4.11. The molecule has 0 aromatic heterocycles. The van der Waals surface area contributed by atoms with Crippen LogP contribution in [0.5, 0.6) is 11.5 Å². The number of hydrogen-bond acceptors (Lipinski definition) is 4. The first-order valence-electron chi connectivity index (χ1n) is 8.28. The van der Waals surface area contributed by atoms with E-state index in [1.54, 1.807) is 0 Å². The van der Waals surface area contributed by atoms with Gasteiger partial charge in [-0.2, -0.15) is 0 Å². The Morgan fingerprint density at radius 3 is 2.38 bits per heavy atom. The Morgan fingerprint density at radius 2 is 1.75 bits per heavy atom. The molecule has 0 saturated heterocycles. The van der Waals surface area contributed by atoms with Crippen LogP contribution in [0.25, 0.3) is 0 Å². The molecule has 1 atom stereocenters. The second kappa shape index (κ2) is 8.18. The number of aliphatic hydroxyl groups is 1. The van der Waals surface area contributed by atoms with Crippen LogP contribution in [0.3, 0.4) is 0 Å². The highest BCUT2D eigenvalue weighted by Gasteiger charge is 2.27. The van der Waals surface area contributed by atoms with Crippen molar-refractivity contribution >= 4 is 0 Å². The first-order chi connectivity index (χ1) is 11.5. The van der Waals surface area contributed by atoms with Crippen molar-refractivity contribution in [2.45, 2.75) is 33.4 Å². The minimum absolute atomic E-state index is 0.0182. The largest absolute Gasteiger partial charge is 0.490 e. The second-order valence-corrected chi connectivity index (χ2v) is 6.54. The van der Waals surface area contributed by atoms with Crippen LogP contribution < -0.4 is 15.2 Å². The highest BCUT2D eigenvalue weighted by Crippen LogP contribution is 2.36. The molecule has 0 bridgehead atoms. The lowest BCUT2D eigenvalue weighted by molar-refractivity contribution is 0.132. The van der Waals surface area contributed by atoms with Crippen LogP contribution in [0.2, 0.25) is 0 Å². The number of hydrogen-bond donors (Lipinski definition) is 2. The molecule has 2 aromatic rings. The maximum absolute atomic E-state index is 9.53. The average molecular weight is 329 g/mol. The van der Waals surface area contributed by atoms with Gasteiger partial charge in [-0.05, 0) is 30.2 Å². The average Bonchev–Trinajstić information content (AvgIpc) is 2.61. The third-order valence-corrected chi connectivity index (χ3v) is 4.11. The molecule has 0 amide bonds. The standard InChI is InChI=1S/C20H27NO3/c1-4-23-18-12-16(19(21)20(2,3)14-22)10-11-17(18)24-13-15-8-6-5-7-9-15/h5-12,19,22H,4,13-14,21H2,1-3H3/t19-/m1/s1. The molecule has 2 aromatic carbocycles. The Kier molecular flexibility index (Phi) is 6.23. The highest BCUT2D eigenvalue weighted by atomic mass is 16.5. The van der Waals surface area contributed by atoms with Gasteiger partial charge < -0.3 is 20.3 Å². The molecule has 0 aliphatic rings. The maximum Gasteiger partial charge on any atom is 0.161 e. The van der Waals surface area contributed by atoms with Gasteiger partial charge in [-0.3, -0.25) is 0 Å². The lowest BCUT2D eigenvalue weighted by Gasteiger charge is -2.30. The summed E-state index contributed by atoms with van der Waals surface area (Å²) in [5.41, 5.74) is 7.92. The van der Waals surface area contributed by atoms with E-state index in [1.807, 2.05) is 69.3 Å². The monoisotopic (exact) mass is 329 g/mol. The molecule has 0 aliphatic carbocycles. The van der Waals surface area contributed by atoms with Crippen LogP contribution >= 0.6 is 0 Å². The summed E-state index contributed by atoms with van der Waals surface area (Å²) in [6.07, 6.45) is 0. The fraction of sp³-hybridized carbons (Fsp3) is 0.400. The predicted molar refractivity (Wildman–Crippen MR) is 96.2 cm³/mol. The fourth-order valence-electron chi connectivity index (χ4n) is 2.39. The zero-order valence-corrected chi connectivity index (χ0v) is 14.7. The summed E-state index contributed by atoms with van der Waals surface area (Å²) in [7, 11) is 0. The van der Waals surface area contributed by atoms with Gasteiger partial charge in [0.2, 0.25) is 0 Å². The van der Waals surface area contributed by atoms with Crippen molar-refractivity contribution in [1.82, 2.24) is 0 Å². The molecule has 0 heterocycles. The second-order valence-electron chi connectivity index (χ2n) is 6.54. The molecule has 4 heteroatoms. The van der Waals surface area contributed by atoms with Crippen LogP contribution in [-0.2, 0) is 6.61 Å². The van der Waals surface area contributed by atoms with E-state index >= 15 is 0 Å². The summed E-state index contributed by atoms with van der Waals surface area (Å²) in [6.45, 7) is 6.86. The van der Waals surface area contributed by atoms with E-state index in [0.717, 1.165) is 11.1 Å². The van der Waals surface area contributed by atoms with E-state index in [2.05, 4.69) is 0 Å². The number of nitrogens with two attached hydrogens (primary N) is 1. The number of rotatable bonds is 8. The van der Waals surface area contributed by atoms with Gasteiger partial charge in [0.1, 0.15) is 6.61 Å². The molecule has 0 unspecified atom stereocenters. The van der Waals surface area contributed by atoms with Crippen molar-refractivity contribution in [3.05, 3.63) is 59.7 Å². The first kappa shape index (κ1) is 18.3. The smallest absolute Gasteiger partial charge is 0.161 e. The van der Waals surface area contributed by atoms with E-state index in [-0.39, 0.29) is 12.6 Å². The third kappa shape index (κ3) is 4.49. The Balaban J connectivity index is 2.20. The molecule has 0 radical (unpaired) electrons. The first-order valence-corrected chi connectivity index (χ1v) is 8.28. The highest BCUT2D eigenvalue weighted by molar-refractivity contribution is 5.44. The van der Waals surface area contributed by atoms with Crippen LogP contribution in [-0.4, -0.2) is 18.3 Å². The SMILES string of the molecule is CCOc1cc([C@@H](N)C(C)(C)CO)ccc1OCc1ccccc1. The number of benzene rings is 2. The van der Waals surface area contributed by atoms with E-state index in [9.17, 15) is 5.11 Å². The summed E-state index contributed by atoms with van der Waals surface area (Å²) in [6, 6.07) is 15.4. The van der Waals surface area contributed by atoms with Crippen molar-refractivity contribution in [2.24, 2.45) is 11.1 Å². The van der Waals surface area contributed by atoms with Crippen LogP contribution in [0.1, 0.15) is 37.9 Å². The van der Waals surface area contributed by atoms with Crippen LogP contribution in [0.15, 0.2) is 48.5 Å². The van der Waals surface area contributed by atoms with Gasteiger partial charge in [-0.1, -0.05) is 50.2 Å². The predicted octanol–water partition coefficient (Wildman–Crippen LogP) is 3.68. The Labute approximate surface area is 144 Å². The molecular weight excluding hydrogens is 302 g/mol. The van der Waals surface area contributed by atoms with Gasteiger partial charge in [0.15, 0.2) is 11.5 Å². The molecule has 130 valence electrons. The van der Waals surface area contributed by atoms with E-state index in [0.29, 0.717) is 24.7 Å². The molecule has 2 rings (SSSR count). The zero-order chi connectivity index (χ0) is 17.6. The Morgan fingerprint density at radius 1 is 1.04 bits per heavy atom. The summed E-state index contributed by atoms with van der Waals surface area (Å²) < 4.78 is 11.6. The molecule has 0 spiro atoms. The molecular formula is C20H27NO3. The molecule has 0 saturated carbocycles. The Bertz CT molecular complexity index is 641. The summed E-state index contributed by atoms with van der Waals surface area (Å²) in [5, 5.41) is 9.53. The van der Waals surface area contributed by atoms with Gasteiger partial charge in [0.25, 0.3) is 0 Å². The van der Waals surface area contributed by atoms with Gasteiger partial charge >= 0.3 is 0 Å². The van der Waals surface area contributed by atoms with Gasteiger partial charge in [-0.15, -0.1) is 0 Å². The minimum atomic E-state index is -0.407. The van der Waals surface area contributed by atoms with Crippen LogP contribution in [0.4, 0.5) is 0 Å². The molecule has 0 aliphatic heterocycles. The van der Waals surface area contributed by atoms with Crippen molar-refractivity contribution < 1.29 is 14.6 Å². The topological polar surface area (TPSA) is 64.7 Å². The summed E-state index contributed by atoms with van der Waals surface area (Å²) in [4.78, 5) is 0. The van der Waals surface area contributed by atoms with Gasteiger partial charge in [-0.25, -0.2) is 0 Å². The molecule has 24 heavy (non-hydrogen) atoms. The zero-order valence-electron chi connectivity index (χ0n) is 14.7. The van der Waals surface area contributed by atoms with Crippen molar-refractivity contribution in [1.29, 1.82) is 0 Å². The quantitative estimate of drug-likeness (QED) is 0.775. The van der Waals surface area contributed by atoms with Crippen molar-refractivity contribution in [3.8, 4) is 11.5 Å². The van der Waals surface area contributed by atoms with Crippen molar-refractivity contribution in [3.63, 3.8) is 0 Å². The molecule has 0 fully saturated rings. The lowest BCUT2D eigenvalue weighted by atomic mass is 9.82. The van der Waals surface area contributed by atoms with Crippen molar-refractivity contribution in [2.75, 3.05) is 13.2 Å². The van der Waals surface area contributed by atoms with E-state index in [1.165, 1.54) is 0 Å². The van der Waals surface area contributed by atoms with Gasteiger partial charge in [0.05, 0.1) is 6.61 Å². The fourth-order valence-corrected chi connectivity index (χ4v) is 2.39. The maximum atomic E-state index is 9.53. The number of ether oxygens (including phenoxy) is 2. The van der Waals surface area contributed by atoms with E-state index in [4.69, 9.17) is 15.2 Å². The normalized spacial score (nSPS) is 12.7.